The number of hydrogen-bond acceptors (Lipinski definition) is 5. The van der Waals surface area contributed by atoms with Crippen LogP contribution < -0.4 is 16.0 Å². The van der Waals surface area contributed by atoms with E-state index in [1.54, 1.807) is 23.1 Å². The predicted molar refractivity (Wildman–Crippen MR) is 94.3 cm³/mol. The molecule has 3 N–H and O–H groups in total. The summed E-state index contributed by atoms with van der Waals surface area (Å²) < 4.78 is 5.55. The number of nitrogens with zero attached hydrogens (tertiary/aromatic N) is 2. The van der Waals surface area contributed by atoms with Crippen LogP contribution in [-0.2, 0) is 4.79 Å². The van der Waals surface area contributed by atoms with E-state index < -0.39 is 6.04 Å². The minimum Gasteiger partial charge on any atom is -0.423 e. The lowest BCUT2D eigenvalue weighted by Gasteiger charge is -2.10. The number of oxazole rings is 1. The fourth-order valence-electron chi connectivity index (χ4n) is 1.86. The minimum absolute atomic E-state index is 0. The fraction of sp³-hybridized carbons (Fsp3) is 0.429. The predicted octanol–water partition coefficient (Wildman–Crippen LogP) is 2.80. The molecule has 6 nitrogen and oxygen atoms in total. The molecule has 22 heavy (non-hydrogen) atoms. The Morgan fingerprint density at radius 1 is 1.41 bits per heavy atom. The van der Waals surface area contributed by atoms with Crippen LogP contribution in [0.3, 0.4) is 0 Å². The number of halogens is 2. The number of carbonyl (C=O) groups excluding carboxylic acids is 1. The first-order valence-electron chi connectivity index (χ1n) is 6.65. The first kappa shape index (κ1) is 20.5. The van der Waals surface area contributed by atoms with Crippen molar-refractivity contribution in [2.45, 2.75) is 25.8 Å². The van der Waals surface area contributed by atoms with Crippen molar-refractivity contribution in [2.24, 2.45) is 5.73 Å². The molecule has 2 rings (SSSR count). The van der Waals surface area contributed by atoms with Gasteiger partial charge in [-0.1, -0.05) is 13.3 Å². The Morgan fingerprint density at radius 2 is 2.09 bits per heavy atom. The second-order valence-electron chi connectivity index (χ2n) is 4.96. The van der Waals surface area contributed by atoms with Gasteiger partial charge in [0.15, 0.2) is 5.58 Å². The summed E-state index contributed by atoms with van der Waals surface area (Å²) in [6, 6.07) is 5.40. The van der Waals surface area contributed by atoms with Gasteiger partial charge in [-0.05, 0) is 24.6 Å². The number of nitrogens with two attached hydrogens (primary N) is 1. The molecule has 1 unspecified atom stereocenters. The Kier molecular flexibility index (Phi) is 8.22. The van der Waals surface area contributed by atoms with Crippen molar-refractivity contribution in [1.29, 1.82) is 0 Å². The number of nitrogens with one attached hydrogen (secondary N) is 1. The highest BCUT2D eigenvalue weighted by Gasteiger charge is 2.13. The third kappa shape index (κ3) is 4.76. The number of benzene rings is 1. The average Bonchev–Trinajstić information content (AvgIpc) is 2.82. The zero-order valence-electron chi connectivity index (χ0n) is 12.8. The smallest absolute Gasteiger partial charge is 0.297 e. The van der Waals surface area contributed by atoms with Gasteiger partial charge in [-0.15, -0.1) is 24.8 Å². The largest absolute Gasteiger partial charge is 0.423 e. The van der Waals surface area contributed by atoms with Gasteiger partial charge < -0.3 is 20.4 Å². The van der Waals surface area contributed by atoms with E-state index in [1.165, 1.54) is 0 Å². The lowest BCUT2D eigenvalue weighted by Crippen LogP contribution is -2.35. The van der Waals surface area contributed by atoms with E-state index in [4.69, 9.17) is 10.2 Å². The maximum Gasteiger partial charge on any atom is 0.297 e. The maximum atomic E-state index is 11.9. The van der Waals surface area contributed by atoms with Crippen LogP contribution in [0.5, 0.6) is 0 Å². The molecule has 1 aromatic heterocycles. The minimum atomic E-state index is -0.481. The molecule has 0 saturated heterocycles. The fourth-order valence-corrected chi connectivity index (χ4v) is 1.86. The van der Waals surface area contributed by atoms with Crippen LogP contribution in [0.15, 0.2) is 22.6 Å². The van der Waals surface area contributed by atoms with Crippen LogP contribution in [0.1, 0.15) is 19.8 Å². The number of amides is 1. The summed E-state index contributed by atoms with van der Waals surface area (Å²) in [5.41, 5.74) is 7.84. The van der Waals surface area contributed by atoms with Crippen molar-refractivity contribution in [3.8, 4) is 0 Å². The van der Waals surface area contributed by atoms with Gasteiger partial charge in [0.1, 0.15) is 5.52 Å². The molecule has 0 aliphatic carbocycles. The number of carbonyl (C=O) groups is 1. The van der Waals surface area contributed by atoms with E-state index in [0.717, 1.165) is 6.42 Å². The number of anilines is 2. The molecule has 0 radical (unpaired) electrons. The lowest BCUT2D eigenvalue weighted by atomic mass is 10.1. The van der Waals surface area contributed by atoms with Gasteiger partial charge in [0.05, 0.1) is 6.04 Å². The monoisotopic (exact) mass is 348 g/mol. The summed E-state index contributed by atoms with van der Waals surface area (Å²) in [6.45, 7) is 2.00. The molecule has 1 aromatic carbocycles. The Morgan fingerprint density at radius 3 is 2.68 bits per heavy atom. The summed E-state index contributed by atoms with van der Waals surface area (Å²) in [7, 11) is 3.72. The van der Waals surface area contributed by atoms with Crippen molar-refractivity contribution in [3.05, 3.63) is 18.2 Å². The van der Waals surface area contributed by atoms with E-state index in [2.05, 4.69) is 10.3 Å². The van der Waals surface area contributed by atoms with Gasteiger partial charge in [0.2, 0.25) is 5.91 Å². The Balaban J connectivity index is 0.00000220. The quantitative estimate of drug-likeness (QED) is 0.867. The van der Waals surface area contributed by atoms with Crippen LogP contribution >= 0.6 is 24.8 Å². The van der Waals surface area contributed by atoms with Gasteiger partial charge in [-0.25, -0.2) is 0 Å². The van der Waals surface area contributed by atoms with Gasteiger partial charge in [-0.3, -0.25) is 4.79 Å². The Hall–Kier alpha value is -1.50. The molecule has 124 valence electrons. The van der Waals surface area contributed by atoms with E-state index in [1.807, 2.05) is 21.0 Å². The SMILES string of the molecule is CCCC(N)C(=O)Nc1ccc2oc(N(C)C)nc2c1.Cl.Cl. The molecule has 0 bridgehead atoms. The number of aromatic nitrogens is 1. The average molecular weight is 349 g/mol. The molecule has 8 heteroatoms. The molecular formula is C14H22Cl2N4O2. The van der Waals surface area contributed by atoms with Gasteiger partial charge in [0.25, 0.3) is 6.01 Å². The molecule has 2 aromatic rings. The van der Waals surface area contributed by atoms with Gasteiger partial charge in [-0.2, -0.15) is 4.98 Å². The topological polar surface area (TPSA) is 84.4 Å². The van der Waals surface area contributed by atoms with Crippen molar-refractivity contribution in [1.82, 2.24) is 4.98 Å². The highest BCUT2D eigenvalue weighted by Crippen LogP contribution is 2.23. The molecule has 1 atom stereocenters. The number of hydrogen-bond donors (Lipinski definition) is 2. The van der Waals surface area contributed by atoms with Crippen LogP contribution in [0.4, 0.5) is 11.7 Å². The second-order valence-corrected chi connectivity index (χ2v) is 4.96. The number of fused-ring (bicyclic) bond motifs is 1. The first-order chi connectivity index (χ1) is 9.51. The van der Waals surface area contributed by atoms with Crippen LogP contribution in [0.25, 0.3) is 11.1 Å². The normalized spacial score (nSPS) is 11.3. The van der Waals surface area contributed by atoms with E-state index in [9.17, 15) is 4.79 Å². The molecule has 1 amide bonds. The summed E-state index contributed by atoms with van der Waals surface area (Å²) >= 11 is 0. The van der Waals surface area contributed by atoms with E-state index in [-0.39, 0.29) is 30.7 Å². The maximum absolute atomic E-state index is 11.9. The molecule has 0 aliphatic rings. The molecule has 0 fully saturated rings. The van der Waals surface area contributed by atoms with Crippen LogP contribution in [-0.4, -0.2) is 31.0 Å². The molecule has 0 saturated carbocycles. The van der Waals surface area contributed by atoms with Crippen LogP contribution in [0.2, 0.25) is 0 Å². The van der Waals surface area contributed by atoms with Crippen molar-refractivity contribution < 1.29 is 9.21 Å². The van der Waals surface area contributed by atoms with Gasteiger partial charge >= 0.3 is 0 Å². The zero-order valence-corrected chi connectivity index (χ0v) is 14.5. The zero-order chi connectivity index (χ0) is 14.7. The van der Waals surface area contributed by atoms with Gasteiger partial charge in [0, 0.05) is 19.8 Å². The molecule has 1 heterocycles. The lowest BCUT2D eigenvalue weighted by molar-refractivity contribution is -0.117. The summed E-state index contributed by atoms with van der Waals surface area (Å²) in [5.74, 6) is -0.178. The Bertz CT molecular complexity index is 616. The number of rotatable bonds is 5. The second kappa shape index (κ2) is 8.82. The first-order valence-corrected chi connectivity index (χ1v) is 6.65. The highest BCUT2D eigenvalue weighted by molar-refractivity contribution is 5.96. The van der Waals surface area contributed by atoms with E-state index in [0.29, 0.717) is 29.2 Å². The highest BCUT2D eigenvalue weighted by atomic mass is 35.5. The molecule has 0 aliphatic heterocycles. The van der Waals surface area contributed by atoms with Crippen molar-refractivity contribution in [2.75, 3.05) is 24.3 Å². The summed E-state index contributed by atoms with van der Waals surface area (Å²) in [4.78, 5) is 18.0. The Labute approximate surface area is 142 Å². The van der Waals surface area contributed by atoms with Crippen LogP contribution in [0, 0.1) is 0 Å². The van der Waals surface area contributed by atoms with Crippen molar-refractivity contribution in [3.63, 3.8) is 0 Å². The standard InChI is InChI=1S/C14H20N4O2.2ClH/c1-4-5-10(15)13(19)16-9-6-7-12-11(8-9)17-14(20-12)18(2)3;;/h6-8,10H,4-5,15H2,1-3H3,(H,16,19);2*1H. The summed E-state index contributed by atoms with van der Waals surface area (Å²) in [5, 5.41) is 2.80. The molecular weight excluding hydrogens is 327 g/mol. The third-order valence-corrected chi connectivity index (χ3v) is 2.96. The van der Waals surface area contributed by atoms with E-state index >= 15 is 0 Å². The molecule has 0 spiro atoms. The summed E-state index contributed by atoms with van der Waals surface area (Å²) in [6.07, 6.45) is 1.55. The third-order valence-electron chi connectivity index (χ3n) is 2.96. The van der Waals surface area contributed by atoms with Crippen molar-refractivity contribution >= 4 is 53.5 Å².